The second kappa shape index (κ2) is 9.61. The van der Waals surface area contributed by atoms with Crippen LogP contribution in [0.3, 0.4) is 0 Å². The molecule has 10 heteroatoms. The van der Waals surface area contributed by atoms with Crippen LogP contribution in [0.2, 0.25) is 0 Å². The summed E-state index contributed by atoms with van der Waals surface area (Å²) in [6, 6.07) is 9.88. The molecule has 0 spiro atoms. The Morgan fingerprint density at radius 2 is 1.65 bits per heavy atom. The number of carbonyl (C=O) groups excluding carboxylic acids is 3. The van der Waals surface area contributed by atoms with E-state index in [1.807, 2.05) is 0 Å². The monoisotopic (exact) mass is 445 g/mol. The van der Waals surface area contributed by atoms with Gasteiger partial charge >= 0.3 is 0 Å². The van der Waals surface area contributed by atoms with Crippen molar-refractivity contribution in [1.82, 2.24) is 10.4 Å². The fourth-order valence-electron chi connectivity index (χ4n) is 3.12. The van der Waals surface area contributed by atoms with E-state index in [0.717, 1.165) is 0 Å². The number of amides is 3. The third kappa shape index (κ3) is 4.85. The molecule has 164 valence electrons. The Bertz CT molecular complexity index is 970. The average molecular weight is 445 g/mol. The van der Waals surface area contributed by atoms with Crippen LogP contribution in [0, 0.1) is 0 Å². The molecule has 0 radical (unpaired) electrons. The lowest BCUT2D eigenvalue weighted by molar-refractivity contribution is -0.130. The molecule has 9 nitrogen and oxygen atoms in total. The van der Waals surface area contributed by atoms with Crippen LogP contribution in [0.4, 0.5) is 5.69 Å². The molecule has 0 unspecified atom stereocenters. The molecule has 3 rings (SSSR count). The first-order chi connectivity index (χ1) is 14.9. The molecular formula is C21H23N3O6S. The van der Waals surface area contributed by atoms with E-state index in [4.69, 9.17) is 14.2 Å². The highest BCUT2D eigenvalue weighted by atomic mass is 32.2. The van der Waals surface area contributed by atoms with Crippen molar-refractivity contribution in [3.63, 3.8) is 0 Å². The van der Waals surface area contributed by atoms with Gasteiger partial charge in [-0.3, -0.25) is 19.8 Å². The van der Waals surface area contributed by atoms with Gasteiger partial charge in [0.25, 0.3) is 11.8 Å². The smallest absolute Gasteiger partial charge is 0.269 e. The van der Waals surface area contributed by atoms with Gasteiger partial charge in [-0.15, -0.1) is 11.8 Å². The van der Waals surface area contributed by atoms with Crippen molar-refractivity contribution in [2.45, 2.75) is 12.3 Å². The van der Waals surface area contributed by atoms with E-state index < -0.39 is 11.3 Å². The number of hydrogen-bond donors (Lipinski definition) is 2. The van der Waals surface area contributed by atoms with Crippen LogP contribution < -0.4 is 25.0 Å². The Balaban J connectivity index is 1.83. The molecular weight excluding hydrogens is 422 g/mol. The molecule has 2 aromatic carbocycles. The Hall–Kier alpha value is -3.40. The number of nitrogens with zero attached hydrogens (tertiary/aromatic N) is 1. The van der Waals surface area contributed by atoms with Gasteiger partial charge in [-0.05, 0) is 42.0 Å². The molecule has 31 heavy (non-hydrogen) atoms. The summed E-state index contributed by atoms with van der Waals surface area (Å²) in [7, 11) is 4.54. The van der Waals surface area contributed by atoms with Gasteiger partial charge in [-0.2, -0.15) is 0 Å². The predicted octanol–water partition coefficient (Wildman–Crippen LogP) is 2.59. The van der Waals surface area contributed by atoms with Crippen molar-refractivity contribution >= 4 is 35.2 Å². The van der Waals surface area contributed by atoms with Crippen LogP contribution in [0.25, 0.3) is 0 Å². The molecule has 1 fully saturated rings. The third-order valence-corrected chi connectivity index (χ3v) is 5.74. The van der Waals surface area contributed by atoms with Crippen molar-refractivity contribution in [2.24, 2.45) is 0 Å². The number of thioether (sulfide) groups is 1. The van der Waals surface area contributed by atoms with Crippen LogP contribution >= 0.6 is 11.8 Å². The maximum absolute atomic E-state index is 12.7. The molecule has 1 heterocycles. The lowest BCUT2D eigenvalue weighted by atomic mass is 10.1. The van der Waals surface area contributed by atoms with E-state index in [1.54, 1.807) is 36.4 Å². The molecule has 2 aromatic rings. The second-order valence-electron chi connectivity index (χ2n) is 6.59. The lowest BCUT2D eigenvalue weighted by Crippen LogP contribution is -2.44. The fourth-order valence-corrected chi connectivity index (χ4v) is 4.20. The first-order valence-electron chi connectivity index (χ1n) is 9.30. The normalized spacial score (nSPS) is 15.4. The highest BCUT2D eigenvalue weighted by Crippen LogP contribution is 2.45. The Morgan fingerprint density at radius 1 is 1.03 bits per heavy atom. The van der Waals surface area contributed by atoms with Gasteiger partial charge in [0, 0.05) is 18.2 Å². The summed E-state index contributed by atoms with van der Waals surface area (Å²) < 4.78 is 16.1. The van der Waals surface area contributed by atoms with Gasteiger partial charge in [-0.1, -0.05) is 0 Å². The molecule has 1 aliphatic rings. The Morgan fingerprint density at radius 3 is 2.16 bits per heavy atom. The first-order valence-corrected chi connectivity index (χ1v) is 10.3. The van der Waals surface area contributed by atoms with E-state index >= 15 is 0 Å². The van der Waals surface area contributed by atoms with E-state index in [9.17, 15) is 14.4 Å². The van der Waals surface area contributed by atoms with Crippen molar-refractivity contribution in [3.05, 3.63) is 47.5 Å². The zero-order chi connectivity index (χ0) is 22.5. The zero-order valence-electron chi connectivity index (χ0n) is 17.6. The van der Waals surface area contributed by atoms with E-state index in [-0.39, 0.29) is 17.6 Å². The highest BCUT2D eigenvalue weighted by molar-refractivity contribution is 8.00. The number of nitrogens with one attached hydrogen (secondary N) is 2. The molecule has 2 N–H and O–H groups in total. The number of benzene rings is 2. The number of hydrogen-bond acceptors (Lipinski definition) is 7. The average Bonchev–Trinajstić information content (AvgIpc) is 3.12. The quantitative estimate of drug-likeness (QED) is 0.675. The standard InChI is InChI=1S/C21H23N3O6S/c1-12(25)22-15-7-5-13(6-8-15)20(27)23-24-18(26)11-31-21(24)14-9-16(28-2)19(30-4)17(10-14)29-3/h5-10,21H,11H2,1-4H3,(H,22,25)(H,23,27)/t21-/m1/s1. The summed E-state index contributed by atoms with van der Waals surface area (Å²) in [5.74, 6) is 0.689. The summed E-state index contributed by atoms with van der Waals surface area (Å²) in [5.41, 5.74) is 4.32. The molecule has 1 atom stereocenters. The lowest BCUT2D eigenvalue weighted by Gasteiger charge is -2.25. The van der Waals surface area contributed by atoms with Gasteiger partial charge in [-0.25, -0.2) is 5.01 Å². The number of carbonyl (C=O) groups is 3. The topological polar surface area (TPSA) is 106 Å². The molecule has 0 bridgehead atoms. The van der Waals surface area contributed by atoms with Crippen molar-refractivity contribution in [2.75, 3.05) is 32.4 Å². The van der Waals surface area contributed by atoms with Crippen molar-refractivity contribution in [3.8, 4) is 17.2 Å². The van der Waals surface area contributed by atoms with Gasteiger partial charge in [0.05, 0.1) is 27.1 Å². The maximum Gasteiger partial charge on any atom is 0.269 e. The summed E-state index contributed by atoms with van der Waals surface area (Å²) in [4.78, 5) is 36.4. The molecule has 0 saturated carbocycles. The Kier molecular flexibility index (Phi) is 6.91. The molecule has 0 aliphatic carbocycles. The van der Waals surface area contributed by atoms with E-state index in [1.165, 1.54) is 45.0 Å². The molecule has 0 aromatic heterocycles. The van der Waals surface area contributed by atoms with Gasteiger partial charge < -0.3 is 19.5 Å². The Labute approximate surface area is 184 Å². The van der Waals surface area contributed by atoms with Crippen LogP contribution in [0.5, 0.6) is 17.2 Å². The minimum atomic E-state index is -0.469. The predicted molar refractivity (Wildman–Crippen MR) is 116 cm³/mol. The highest BCUT2D eigenvalue weighted by Gasteiger charge is 2.35. The van der Waals surface area contributed by atoms with Crippen molar-refractivity contribution in [1.29, 1.82) is 0 Å². The number of rotatable bonds is 7. The summed E-state index contributed by atoms with van der Waals surface area (Å²) >= 11 is 1.37. The van der Waals surface area contributed by atoms with Crippen LogP contribution in [0.1, 0.15) is 28.2 Å². The minimum Gasteiger partial charge on any atom is -0.493 e. The molecule has 1 saturated heterocycles. The maximum atomic E-state index is 12.7. The van der Waals surface area contributed by atoms with Gasteiger partial charge in [0.1, 0.15) is 5.37 Å². The second-order valence-corrected chi connectivity index (χ2v) is 7.65. The molecule has 3 amide bonds. The van der Waals surface area contributed by atoms with Crippen LogP contribution in [-0.4, -0.2) is 49.8 Å². The van der Waals surface area contributed by atoms with Crippen LogP contribution in [-0.2, 0) is 9.59 Å². The van der Waals surface area contributed by atoms with E-state index in [2.05, 4.69) is 10.7 Å². The van der Waals surface area contributed by atoms with E-state index in [0.29, 0.717) is 34.1 Å². The SMILES string of the molecule is COc1cc([C@H]2SCC(=O)N2NC(=O)c2ccc(NC(C)=O)cc2)cc(OC)c1OC. The van der Waals surface area contributed by atoms with Gasteiger partial charge in [0.15, 0.2) is 11.5 Å². The van der Waals surface area contributed by atoms with Crippen LogP contribution in [0.15, 0.2) is 36.4 Å². The number of methoxy groups -OCH3 is 3. The number of anilines is 1. The zero-order valence-corrected chi connectivity index (χ0v) is 18.4. The summed E-state index contributed by atoms with van der Waals surface area (Å²) in [6.45, 7) is 1.40. The number of ether oxygens (including phenoxy) is 3. The fraction of sp³-hybridized carbons (Fsp3) is 0.286. The molecule has 1 aliphatic heterocycles. The minimum absolute atomic E-state index is 0.204. The van der Waals surface area contributed by atoms with Gasteiger partial charge in [0.2, 0.25) is 11.7 Å². The third-order valence-electron chi connectivity index (χ3n) is 4.53. The summed E-state index contributed by atoms with van der Waals surface area (Å²) in [5, 5.41) is 3.47. The first kappa shape index (κ1) is 22.3. The largest absolute Gasteiger partial charge is 0.493 e. The van der Waals surface area contributed by atoms with Crippen molar-refractivity contribution < 1.29 is 28.6 Å². The number of hydrazine groups is 1. The summed E-state index contributed by atoms with van der Waals surface area (Å²) in [6.07, 6.45) is 0.